The Balaban J connectivity index is 2.67. The fraction of sp³-hybridized carbons (Fsp3) is 0.200. The summed E-state index contributed by atoms with van der Waals surface area (Å²) in [4.78, 5) is 24.4. The SMILES string of the molecule is C=CCNC(=O)c1cn(CC)c2ccc(Cl)cc2c1=O. The summed E-state index contributed by atoms with van der Waals surface area (Å²) in [5, 5.41) is 3.54. The average Bonchev–Trinajstić information content (AvgIpc) is 2.45. The minimum Gasteiger partial charge on any atom is -0.348 e. The van der Waals surface area contributed by atoms with Gasteiger partial charge in [-0.2, -0.15) is 0 Å². The average molecular weight is 291 g/mol. The van der Waals surface area contributed by atoms with Crippen molar-refractivity contribution in [3.05, 3.63) is 57.9 Å². The molecule has 2 aromatic rings. The molecule has 0 radical (unpaired) electrons. The molecule has 1 N–H and O–H groups in total. The van der Waals surface area contributed by atoms with Crippen molar-refractivity contribution in [2.75, 3.05) is 6.54 Å². The van der Waals surface area contributed by atoms with E-state index in [1.165, 1.54) is 0 Å². The topological polar surface area (TPSA) is 51.1 Å². The van der Waals surface area contributed by atoms with Gasteiger partial charge >= 0.3 is 0 Å². The lowest BCUT2D eigenvalue weighted by atomic mass is 10.1. The molecule has 0 aliphatic carbocycles. The zero-order chi connectivity index (χ0) is 14.7. The highest BCUT2D eigenvalue weighted by Gasteiger charge is 2.14. The first-order valence-electron chi connectivity index (χ1n) is 6.30. The highest BCUT2D eigenvalue weighted by molar-refractivity contribution is 6.31. The van der Waals surface area contributed by atoms with Crippen LogP contribution in [0.2, 0.25) is 5.02 Å². The van der Waals surface area contributed by atoms with Crippen LogP contribution < -0.4 is 10.7 Å². The van der Waals surface area contributed by atoms with E-state index in [4.69, 9.17) is 11.6 Å². The van der Waals surface area contributed by atoms with Crippen molar-refractivity contribution in [2.24, 2.45) is 0 Å². The van der Waals surface area contributed by atoms with Crippen LogP contribution in [0.15, 0.2) is 41.8 Å². The normalized spacial score (nSPS) is 10.5. The van der Waals surface area contributed by atoms with Gasteiger partial charge in [0, 0.05) is 29.7 Å². The van der Waals surface area contributed by atoms with E-state index >= 15 is 0 Å². The van der Waals surface area contributed by atoms with Crippen molar-refractivity contribution in [2.45, 2.75) is 13.5 Å². The van der Waals surface area contributed by atoms with E-state index in [1.807, 2.05) is 11.5 Å². The summed E-state index contributed by atoms with van der Waals surface area (Å²) in [6.07, 6.45) is 3.14. The van der Waals surface area contributed by atoms with Crippen molar-refractivity contribution in [3.8, 4) is 0 Å². The van der Waals surface area contributed by atoms with Crippen LogP contribution in [-0.2, 0) is 6.54 Å². The maximum absolute atomic E-state index is 12.4. The Morgan fingerprint density at radius 1 is 1.50 bits per heavy atom. The number of nitrogens with one attached hydrogen (secondary N) is 1. The Bertz CT molecular complexity index is 734. The Hall–Kier alpha value is -2.07. The van der Waals surface area contributed by atoms with Gasteiger partial charge in [-0.25, -0.2) is 0 Å². The number of pyridine rings is 1. The number of carbonyl (C=O) groups is 1. The summed E-state index contributed by atoms with van der Waals surface area (Å²) in [5.74, 6) is -0.404. The first-order chi connectivity index (χ1) is 9.58. The second-order valence-electron chi connectivity index (χ2n) is 4.32. The highest BCUT2D eigenvalue weighted by atomic mass is 35.5. The van der Waals surface area contributed by atoms with Gasteiger partial charge in [-0.05, 0) is 25.1 Å². The van der Waals surface area contributed by atoms with E-state index < -0.39 is 5.91 Å². The molecule has 0 saturated heterocycles. The largest absolute Gasteiger partial charge is 0.348 e. The van der Waals surface area contributed by atoms with Crippen LogP contribution in [0.4, 0.5) is 0 Å². The molecule has 20 heavy (non-hydrogen) atoms. The molecule has 0 fully saturated rings. The fourth-order valence-electron chi connectivity index (χ4n) is 2.05. The molecular formula is C15H15ClN2O2. The number of aryl methyl sites for hydroxylation is 1. The standard InChI is InChI=1S/C15H15ClN2O2/c1-3-7-17-15(20)12-9-18(4-2)13-6-5-10(16)8-11(13)14(12)19/h3,5-6,8-9H,1,4,7H2,2H3,(H,17,20). The van der Waals surface area contributed by atoms with E-state index in [1.54, 1.807) is 30.5 Å². The maximum Gasteiger partial charge on any atom is 0.257 e. The van der Waals surface area contributed by atoms with E-state index in [0.29, 0.717) is 23.5 Å². The zero-order valence-corrected chi connectivity index (χ0v) is 11.9. The van der Waals surface area contributed by atoms with Gasteiger partial charge in [-0.15, -0.1) is 6.58 Å². The van der Waals surface area contributed by atoms with Gasteiger partial charge in [0.05, 0.1) is 5.52 Å². The predicted molar refractivity (Wildman–Crippen MR) is 81.4 cm³/mol. The third-order valence-corrected chi connectivity index (χ3v) is 3.27. The minimum absolute atomic E-state index is 0.114. The summed E-state index contributed by atoms with van der Waals surface area (Å²) in [5.41, 5.74) is 0.569. The summed E-state index contributed by atoms with van der Waals surface area (Å²) in [7, 11) is 0. The van der Waals surface area contributed by atoms with Crippen LogP contribution in [-0.4, -0.2) is 17.0 Å². The van der Waals surface area contributed by atoms with Gasteiger partial charge in [-0.3, -0.25) is 9.59 Å². The Kier molecular flexibility index (Phi) is 4.25. The first-order valence-corrected chi connectivity index (χ1v) is 6.68. The lowest BCUT2D eigenvalue weighted by Crippen LogP contribution is -2.29. The van der Waals surface area contributed by atoms with Crippen molar-refractivity contribution in [1.82, 2.24) is 9.88 Å². The quantitative estimate of drug-likeness (QED) is 0.880. The Labute approximate surface area is 121 Å². The molecule has 4 nitrogen and oxygen atoms in total. The molecule has 5 heteroatoms. The number of fused-ring (bicyclic) bond motifs is 1. The molecule has 0 saturated carbocycles. The van der Waals surface area contributed by atoms with E-state index in [0.717, 1.165) is 5.52 Å². The zero-order valence-electron chi connectivity index (χ0n) is 11.1. The molecule has 2 rings (SSSR count). The summed E-state index contributed by atoms with van der Waals surface area (Å²) >= 11 is 5.94. The second-order valence-corrected chi connectivity index (χ2v) is 4.75. The van der Waals surface area contributed by atoms with Crippen LogP contribution in [0.5, 0.6) is 0 Å². The fourth-order valence-corrected chi connectivity index (χ4v) is 2.23. The van der Waals surface area contributed by atoms with Gasteiger partial charge < -0.3 is 9.88 Å². The maximum atomic E-state index is 12.4. The smallest absolute Gasteiger partial charge is 0.257 e. The lowest BCUT2D eigenvalue weighted by molar-refractivity contribution is 0.0956. The first kappa shape index (κ1) is 14.3. The van der Waals surface area contributed by atoms with Crippen LogP contribution in [0.25, 0.3) is 10.9 Å². The molecule has 0 bridgehead atoms. The number of rotatable bonds is 4. The molecular weight excluding hydrogens is 276 g/mol. The van der Waals surface area contributed by atoms with Crippen molar-refractivity contribution < 1.29 is 4.79 Å². The molecule has 0 aliphatic rings. The molecule has 1 aromatic carbocycles. The summed E-state index contributed by atoms with van der Waals surface area (Å²) < 4.78 is 1.86. The minimum atomic E-state index is -0.404. The van der Waals surface area contributed by atoms with Gasteiger partial charge in [0.2, 0.25) is 5.43 Å². The monoisotopic (exact) mass is 290 g/mol. The number of hydrogen-bond acceptors (Lipinski definition) is 2. The summed E-state index contributed by atoms with van der Waals surface area (Å²) in [6, 6.07) is 5.11. The number of amides is 1. The number of benzene rings is 1. The molecule has 0 unspecified atom stereocenters. The lowest BCUT2D eigenvalue weighted by Gasteiger charge is -2.11. The molecule has 1 heterocycles. The molecule has 1 aromatic heterocycles. The Morgan fingerprint density at radius 3 is 2.90 bits per heavy atom. The van der Waals surface area contributed by atoms with E-state index in [-0.39, 0.29) is 11.0 Å². The second kappa shape index (κ2) is 5.92. The van der Waals surface area contributed by atoms with E-state index in [2.05, 4.69) is 11.9 Å². The molecule has 1 amide bonds. The van der Waals surface area contributed by atoms with Crippen molar-refractivity contribution >= 4 is 28.4 Å². The van der Waals surface area contributed by atoms with Gasteiger partial charge in [0.15, 0.2) is 0 Å². The van der Waals surface area contributed by atoms with Gasteiger partial charge in [0.1, 0.15) is 5.56 Å². The number of halogens is 1. The molecule has 0 aliphatic heterocycles. The highest BCUT2D eigenvalue weighted by Crippen LogP contribution is 2.17. The number of aromatic nitrogens is 1. The molecule has 104 valence electrons. The predicted octanol–water partition coefficient (Wildman–Crippen LogP) is 2.59. The van der Waals surface area contributed by atoms with Crippen LogP contribution in [0, 0.1) is 0 Å². The number of nitrogens with zero attached hydrogens (tertiary/aromatic N) is 1. The van der Waals surface area contributed by atoms with Crippen molar-refractivity contribution in [1.29, 1.82) is 0 Å². The Morgan fingerprint density at radius 2 is 2.25 bits per heavy atom. The third kappa shape index (κ3) is 2.60. The van der Waals surface area contributed by atoms with Crippen LogP contribution >= 0.6 is 11.6 Å². The van der Waals surface area contributed by atoms with Crippen LogP contribution in [0.1, 0.15) is 17.3 Å². The third-order valence-electron chi connectivity index (χ3n) is 3.03. The van der Waals surface area contributed by atoms with E-state index in [9.17, 15) is 9.59 Å². The number of carbonyl (C=O) groups excluding carboxylic acids is 1. The molecule has 0 atom stereocenters. The van der Waals surface area contributed by atoms with Gasteiger partial charge in [0.25, 0.3) is 5.91 Å². The molecule has 0 spiro atoms. The van der Waals surface area contributed by atoms with Crippen LogP contribution in [0.3, 0.4) is 0 Å². The number of hydrogen-bond donors (Lipinski definition) is 1. The van der Waals surface area contributed by atoms with Gasteiger partial charge in [-0.1, -0.05) is 17.7 Å². The van der Waals surface area contributed by atoms with Crippen molar-refractivity contribution in [3.63, 3.8) is 0 Å². The summed E-state index contributed by atoms with van der Waals surface area (Å²) in [6.45, 7) is 6.45.